The van der Waals surface area contributed by atoms with E-state index in [0.717, 1.165) is 18.4 Å². The van der Waals surface area contributed by atoms with Crippen molar-refractivity contribution in [3.63, 3.8) is 0 Å². The van der Waals surface area contributed by atoms with Gasteiger partial charge in [0.2, 0.25) is 0 Å². The van der Waals surface area contributed by atoms with Crippen molar-refractivity contribution < 1.29 is 0 Å². The third-order valence-electron chi connectivity index (χ3n) is 6.01. The lowest BCUT2D eigenvalue weighted by atomic mass is 9.77. The average Bonchev–Trinajstić information content (AvgIpc) is 2.70. The molecular weight excluding hydrogens is 302 g/mol. The topological polar surface area (TPSA) is 3.24 Å². The summed E-state index contributed by atoms with van der Waals surface area (Å²) in [5.41, 5.74) is 4.49. The second kappa shape index (κ2) is 8.01. The van der Waals surface area contributed by atoms with Gasteiger partial charge < -0.3 is 0 Å². The van der Waals surface area contributed by atoms with Crippen molar-refractivity contribution in [1.29, 1.82) is 0 Å². The predicted molar refractivity (Wildman–Crippen MR) is 107 cm³/mol. The molecule has 2 atom stereocenters. The molecule has 2 aromatic rings. The number of nitrogens with zero attached hydrogens (tertiary/aromatic N) is 1. The minimum Gasteiger partial charge on any atom is -0.299 e. The maximum Gasteiger partial charge on any atom is 0.0169 e. The van der Waals surface area contributed by atoms with E-state index >= 15 is 0 Å². The van der Waals surface area contributed by atoms with Crippen molar-refractivity contribution in [1.82, 2.24) is 4.90 Å². The van der Waals surface area contributed by atoms with Crippen molar-refractivity contribution in [2.75, 3.05) is 19.6 Å². The number of benzene rings is 2. The van der Waals surface area contributed by atoms with Crippen LogP contribution in [0.3, 0.4) is 0 Å². The normalized spacial score (nSPS) is 24.7. The summed E-state index contributed by atoms with van der Waals surface area (Å²) in [5.74, 6) is 1.64. The molecular formula is C24H29N. The van der Waals surface area contributed by atoms with Crippen LogP contribution < -0.4 is 0 Å². The molecule has 0 spiro atoms. The van der Waals surface area contributed by atoms with Crippen molar-refractivity contribution in [3.8, 4) is 0 Å². The smallest absolute Gasteiger partial charge is 0.0169 e. The highest BCUT2D eigenvalue weighted by molar-refractivity contribution is 5.66. The van der Waals surface area contributed by atoms with Gasteiger partial charge in [-0.1, -0.05) is 73.2 Å². The molecule has 25 heavy (non-hydrogen) atoms. The maximum atomic E-state index is 2.67. The lowest BCUT2D eigenvalue weighted by Gasteiger charge is -2.35. The van der Waals surface area contributed by atoms with Crippen LogP contribution in [0.5, 0.6) is 0 Å². The van der Waals surface area contributed by atoms with E-state index in [9.17, 15) is 0 Å². The molecule has 1 saturated carbocycles. The molecule has 1 nitrogen and oxygen atoms in total. The van der Waals surface area contributed by atoms with Crippen LogP contribution in [0.4, 0.5) is 0 Å². The van der Waals surface area contributed by atoms with E-state index in [1.165, 1.54) is 56.3 Å². The first-order valence-corrected chi connectivity index (χ1v) is 9.90. The molecule has 0 saturated heterocycles. The van der Waals surface area contributed by atoms with Crippen molar-refractivity contribution >= 4 is 5.57 Å². The summed E-state index contributed by atoms with van der Waals surface area (Å²) in [7, 11) is 0. The van der Waals surface area contributed by atoms with Crippen LogP contribution in [0.25, 0.3) is 5.57 Å². The number of hydrogen-bond donors (Lipinski definition) is 0. The van der Waals surface area contributed by atoms with Crippen molar-refractivity contribution in [2.45, 2.75) is 38.0 Å². The molecule has 0 radical (unpaired) electrons. The van der Waals surface area contributed by atoms with Crippen LogP contribution in [-0.4, -0.2) is 24.5 Å². The summed E-state index contributed by atoms with van der Waals surface area (Å²) in [6, 6.07) is 22.0. The van der Waals surface area contributed by atoms with Gasteiger partial charge in [-0.25, -0.2) is 0 Å². The lowest BCUT2D eigenvalue weighted by Crippen LogP contribution is -2.34. The average molecular weight is 332 g/mol. The molecule has 1 aliphatic carbocycles. The molecule has 2 unspecified atom stereocenters. The summed E-state index contributed by atoms with van der Waals surface area (Å²) in [6.45, 7) is 3.62. The number of rotatable bonds is 4. The Hall–Kier alpha value is -1.86. The Labute approximate surface area is 152 Å². The zero-order valence-corrected chi connectivity index (χ0v) is 15.1. The summed E-state index contributed by atoms with van der Waals surface area (Å²) in [5, 5.41) is 0. The zero-order chi connectivity index (χ0) is 16.9. The van der Waals surface area contributed by atoms with Gasteiger partial charge in [-0.05, 0) is 54.2 Å². The molecule has 2 aliphatic rings. The molecule has 0 N–H and O–H groups in total. The molecule has 0 bridgehead atoms. The largest absolute Gasteiger partial charge is 0.299 e. The van der Waals surface area contributed by atoms with Crippen LogP contribution in [0.15, 0.2) is 66.7 Å². The standard InChI is InChI=1S/C24H29N/c1-3-9-21(10-4-1)23-14-16-25(17-15-23)19-20-8-7-13-24(18-20)22-11-5-2-6-12-22/h1-6,9-12,14,20,24H,7-8,13,15-19H2. The molecule has 1 aliphatic heterocycles. The Morgan fingerprint density at radius 2 is 1.64 bits per heavy atom. The van der Waals surface area contributed by atoms with E-state index in [2.05, 4.69) is 71.6 Å². The molecule has 130 valence electrons. The summed E-state index contributed by atoms with van der Waals surface area (Å²) >= 11 is 0. The third-order valence-corrected chi connectivity index (χ3v) is 6.01. The van der Waals surface area contributed by atoms with E-state index in [1.807, 2.05) is 0 Å². The van der Waals surface area contributed by atoms with Gasteiger partial charge in [-0.2, -0.15) is 0 Å². The first kappa shape index (κ1) is 16.6. The molecule has 0 aromatic heterocycles. The molecule has 1 heteroatoms. The highest BCUT2D eigenvalue weighted by Gasteiger charge is 2.25. The monoisotopic (exact) mass is 331 g/mol. The molecule has 1 heterocycles. The quantitative estimate of drug-likeness (QED) is 0.689. The van der Waals surface area contributed by atoms with Crippen LogP contribution in [0, 0.1) is 5.92 Å². The second-order valence-electron chi connectivity index (χ2n) is 7.75. The Bertz CT molecular complexity index is 689. The highest BCUT2D eigenvalue weighted by atomic mass is 15.1. The first-order chi connectivity index (χ1) is 12.4. The fraction of sp³-hybridized carbons (Fsp3) is 0.417. The van der Waals surface area contributed by atoms with Gasteiger partial charge in [0.25, 0.3) is 0 Å². The lowest BCUT2D eigenvalue weighted by molar-refractivity contribution is 0.205. The van der Waals surface area contributed by atoms with Gasteiger partial charge in [0.1, 0.15) is 0 Å². The molecule has 2 aromatic carbocycles. The fourth-order valence-corrected chi connectivity index (χ4v) is 4.64. The molecule has 0 amide bonds. The van der Waals surface area contributed by atoms with E-state index in [1.54, 1.807) is 5.56 Å². The zero-order valence-electron chi connectivity index (χ0n) is 15.1. The van der Waals surface area contributed by atoms with Crippen LogP contribution >= 0.6 is 0 Å². The van der Waals surface area contributed by atoms with Crippen LogP contribution in [-0.2, 0) is 0 Å². The van der Waals surface area contributed by atoms with Gasteiger partial charge in [-0.15, -0.1) is 0 Å². The summed E-state index contributed by atoms with van der Waals surface area (Å²) in [6.07, 6.45) is 9.20. The highest BCUT2D eigenvalue weighted by Crippen LogP contribution is 2.36. The minimum atomic E-state index is 0.778. The van der Waals surface area contributed by atoms with Gasteiger partial charge in [-0.3, -0.25) is 4.90 Å². The van der Waals surface area contributed by atoms with E-state index in [-0.39, 0.29) is 0 Å². The summed E-state index contributed by atoms with van der Waals surface area (Å²) in [4.78, 5) is 2.67. The van der Waals surface area contributed by atoms with Gasteiger partial charge in [0.05, 0.1) is 0 Å². The summed E-state index contributed by atoms with van der Waals surface area (Å²) < 4.78 is 0. The maximum absolute atomic E-state index is 2.67. The Morgan fingerprint density at radius 3 is 2.36 bits per heavy atom. The Morgan fingerprint density at radius 1 is 0.880 bits per heavy atom. The Kier molecular flexibility index (Phi) is 5.32. The minimum absolute atomic E-state index is 0.778. The number of hydrogen-bond acceptors (Lipinski definition) is 1. The van der Waals surface area contributed by atoms with E-state index < -0.39 is 0 Å². The Balaban J connectivity index is 1.33. The molecule has 4 rings (SSSR count). The van der Waals surface area contributed by atoms with Gasteiger partial charge in [0.15, 0.2) is 0 Å². The van der Waals surface area contributed by atoms with E-state index in [0.29, 0.717) is 0 Å². The van der Waals surface area contributed by atoms with Crippen LogP contribution in [0.1, 0.15) is 49.1 Å². The first-order valence-electron chi connectivity index (χ1n) is 9.90. The fourth-order valence-electron chi connectivity index (χ4n) is 4.64. The van der Waals surface area contributed by atoms with E-state index in [4.69, 9.17) is 0 Å². The van der Waals surface area contributed by atoms with Gasteiger partial charge >= 0.3 is 0 Å². The molecule has 1 fully saturated rings. The van der Waals surface area contributed by atoms with Crippen molar-refractivity contribution in [3.05, 3.63) is 77.9 Å². The van der Waals surface area contributed by atoms with Crippen LogP contribution in [0.2, 0.25) is 0 Å². The second-order valence-corrected chi connectivity index (χ2v) is 7.75. The third kappa shape index (κ3) is 4.22. The van der Waals surface area contributed by atoms with Crippen molar-refractivity contribution in [2.24, 2.45) is 5.92 Å². The SMILES string of the molecule is C1=C(c2ccccc2)CCN(CC2CCCC(c3ccccc3)C2)C1. The predicted octanol–water partition coefficient (Wildman–Crippen LogP) is 5.75. The van der Waals surface area contributed by atoms with Gasteiger partial charge in [0, 0.05) is 19.6 Å².